The van der Waals surface area contributed by atoms with E-state index in [0.29, 0.717) is 38.3 Å². The minimum Gasteiger partial charge on any atom is -0.456 e. The van der Waals surface area contributed by atoms with Gasteiger partial charge in [-0.3, -0.25) is 0 Å². The van der Waals surface area contributed by atoms with Crippen molar-refractivity contribution in [3.8, 4) is 33.4 Å². The molecule has 0 N–H and O–H groups in total. The standard InChI is InChI=1S/C42H18B8O/c43-35-31-28(23-16-15-21-17-20(13-14-22(21)18-23)19-7-2-1-3-8-19)32-34(38(46)42(50)40(48)36(32)44)30(33(31)37(45)41(49)39(35)47)25-10-6-12-27-29(25)24-9-4-5-11-26(24)51-27/h1-18H. The molecule has 0 spiro atoms. The summed E-state index contributed by atoms with van der Waals surface area (Å²) in [6.07, 6.45) is 0. The van der Waals surface area contributed by atoms with Crippen molar-refractivity contribution < 1.29 is 4.42 Å². The summed E-state index contributed by atoms with van der Waals surface area (Å²) < 4.78 is 6.30. The van der Waals surface area contributed by atoms with Crippen LogP contribution in [0.3, 0.4) is 0 Å². The van der Waals surface area contributed by atoms with E-state index in [9.17, 15) is 0 Å². The molecule has 1 heterocycles. The number of hydrogen-bond donors (Lipinski definition) is 0. The molecule has 8 aromatic carbocycles. The molecule has 0 unspecified atom stereocenters. The van der Waals surface area contributed by atoms with E-state index in [0.717, 1.165) is 49.4 Å². The Morgan fingerprint density at radius 2 is 0.824 bits per heavy atom. The molecule has 16 radical (unpaired) electrons. The molecule has 0 saturated carbocycles. The summed E-state index contributed by atoms with van der Waals surface area (Å²) in [7, 11) is 54.5. The molecule has 0 bridgehead atoms. The van der Waals surface area contributed by atoms with Gasteiger partial charge in [0, 0.05) is 10.8 Å². The number of para-hydroxylation sites is 1. The first-order valence-corrected chi connectivity index (χ1v) is 16.4. The lowest BCUT2D eigenvalue weighted by Crippen LogP contribution is -2.50. The molecule has 9 aromatic rings. The number of rotatable bonds is 3. The van der Waals surface area contributed by atoms with Crippen molar-refractivity contribution in [3.63, 3.8) is 0 Å². The zero-order chi connectivity index (χ0) is 35.3. The van der Waals surface area contributed by atoms with Crippen molar-refractivity contribution >= 4 is 161 Å². The van der Waals surface area contributed by atoms with E-state index in [1.807, 2.05) is 66.7 Å². The first-order valence-electron chi connectivity index (χ1n) is 16.4. The van der Waals surface area contributed by atoms with Gasteiger partial charge in [-0.25, -0.2) is 0 Å². The van der Waals surface area contributed by atoms with Crippen molar-refractivity contribution in [3.05, 3.63) is 109 Å². The van der Waals surface area contributed by atoms with E-state index in [1.165, 1.54) is 0 Å². The van der Waals surface area contributed by atoms with Crippen LogP contribution in [0.15, 0.2) is 114 Å². The Hall–Kier alpha value is -5.14. The Bertz CT molecular complexity index is 2870. The number of furan rings is 1. The van der Waals surface area contributed by atoms with E-state index in [2.05, 4.69) is 42.5 Å². The summed E-state index contributed by atoms with van der Waals surface area (Å²) in [6, 6.07) is 36.5. The van der Waals surface area contributed by atoms with E-state index in [-0.39, 0.29) is 43.7 Å². The highest BCUT2D eigenvalue weighted by atomic mass is 16.3. The van der Waals surface area contributed by atoms with Gasteiger partial charge in [0.25, 0.3) is 0 Å². The molecule has 0 fully saturated rings. The van der Waals surface area contributed by atoms with Crippen LogP contribution >= 0.6 is 0 Å². The van der Waals surface area contributed by atoms with Crippen LogP contribution in [-0.4, -0.2) is 62.8 Å². The van der Waals surface area contributed by atoms with E-state index in [1.54, 1.807) is 0 Å². The van der Waals surface area contributed by atoms with Crippen LogP contribution in [0.1, 0.15) is 0 Å². The third kappa shape index (κ3) is 4.60. The maximum atomic E-state index is 7.00. The van der Waals surface area contributed by atoms with Crippen LogP contribution in [0.25, 0.3) is 87.6 Å². The topological polar surface area (TPSA) is 13.1 Å². The van der Waals surface area contributed by atoms with Gasteiger partial charge in [0.15, 0.2) is 0 Å². The Kier molecular flexibility index (Phi) is 7.30. The Balaban J connectivity index is 1.49. The highest BCUT2D eigenvalue weighted by Crippen LogP contribution is 2.45. The lowest BCUT2D eigenvalue weighted by Gasteiger charge is -2.28. The van der Waals surface area contributed by atoms with Crippen molar-refractivity contribution in [1.29, 1.82) is 0 Å². The predicted octanol–water partition coefficient (Wildman–Crippen LogP) is 2.40. The normalized spacial score (nSPS) is 11.8. The van der Waals surface area contributed by atoms with Gasteiger partial charge in [-0.05, 0) is 90.0 Å². The van der Waals surface area contributed by atoms with Gasteiger partial charge in [0.05, 0.1) is 0 Å². The van der Waals surface area contributed by atoms with Crippen LogP contribution in [0.4, 0.5) is 0 Å². The quantitative estimate of drug-likeness (QED) is 0.218. The minimum absolute atomic E-state index is 0.165. The molecule has 216 valence electrons. The van der Waals surface area contributed by atoms with E-state index < -0.39 is 0 Å². The lowest BCUT2D eigenvalue weighted by molar-refractivity contribution is 0.669. The van der Waals surface area contributed by atoms with Crippen LogP contribution in [0.2, 0.25) is 0 Å². The highest BCUT2D eigenvalue weighted by Gasteiger charge is 2.26. The molecule has 51 heavy (non-hydrogen) atoms. The molecule has 0 aliphatic rings. The molecule has 1 aromatic heterocycles. The van der Waals surface area contributed by atoms with Crippen molar-refractivity contribution in [2.45, 2.75) is 0 Å². The molecular weight excluding hydrogens is 607 g/mol. The summed E-state index contributed by atoms with van der Waals surface area (Å²) in [5, 5.41) is 6.08. The Morgan fingerprint density at radius 3 is 1.43 bits per heavy atom. The Morgan fingerprint density at radius 1 is 0.333 bits per heavy atom. The SMILES string of the molecule is [B]c1c([B])c([B])c2c(-c3cccc4oc5ccccc5c34)c3c([B])c([B])c([B])c([B])c3c(-c3ccc4cc(-c5ccccc5)ccc4c3)c2c1[B]. The van der Waals surface area contributed by atoms with E-state index in [4.69, 9.17) is 67.2 Å². The molecule has 0 atom stereocenters. The van der Waals surface area contributed by atoms with Crippen molar-refractivity contribution in [2.24, 2.45) is 0 Å². The largest absolute Gasteiger partial charge is 0.456 e. The summed E-state index contributed by atoms with van der Waals surface area (Å²) in [5.41, 5.74) is 8.19. The smallest absolute Gasteiger partial charge is 0.136 e. The minimum atomic E-state index is 0.165. The van der Waals surface area contributed by atoms with Gasteiger partial charge in [0.2, 0.25) is 0 Å². The van der Waals surface area contributed by atoms with Gasteiger partial charge in [-0.15, -0.1) is 21.9 Å². The maximum Gasteiger partial charge on any atom is 0.136 e. The fourth-order valence-electron chi connectivity index (χ4n) is 7.70. The average Bonchev–Trinajstić information content (AvgIpc) is 3.55. The zero-order valence-corrected chi connectivity index (χ0v) is 27.4. The first-order chi connectivity index (χ1) is 24.7. The molecule has 0 amide bonds. The van der Waals surface area contributed by atoms with Gasteiger partial charge in [0.1, 0.15) is 73.9 Å². The summed E-state index contributed by atoms with van der Waals surface area (Å²) in [5.74, 6) is 0. The third-order valence-corrected chi connectivity index (χ3v) is 10.2. The molecule has 9 rings (SSSR count). The van der Waals surface area contributed by atoms with E-state index >= 15 is 0 Å². The lowest BCUT2D eigenvalue weighted by atomic mass is 9.59. The third-order valence-electron chi connectivity index (χ3n) is 10.2. The van der Waals surface area contributed by atoms with Gasteiger partial charge in [-0.2, -0.15) is 0 Å². The molecule has 0 aliphatic heterocycles. The van der Waals surface area contributed by atoms with Crippen LogP contribution in [0.5, 0.6) is 0 Å². The predicted molar refractivity (Wildman–Crippen MR) is 226 cm³/mol. The zero-order valence-electron chi connectivity index (χ0n) is 27.4. The molecule has 0 aliphatic carbocycles. The molecule has 0 saturated heterocycles. The Labute approximate surface area is 306 Å². The van der Waals surface area contributed by atoms with Crippen molar-refractivity contribution in [2.75, 3.05) is 0 Å². The second-order valence-corrected chi connectivity index (χ2v) is 13.0. The van der Waals surface area contributed by atoms with Gasteiger partial charge in [-0.1, -0.05) is 107 Å². The summed E-state index contributed by atoms with van der Waals surface area (Å²) >= 11 is 0. The van der Waals surface area contributed by atoms with Crippen LogP contribution in [0, 0.1) is 0 Å². The second kappa shape index (κ2) is 11.7. The summed E-state index contributed by atoms with van der Waals surface area (Å²) in [4.78, 5) is 0. The summed E-state index contributed by atoms with van der Waals surface area (Å²) in [6.45, 7) is 0. The fourth-order valence-corrected chi connectivity index (χ4v) is 7.70. The number of fused-ring (bicyclic) bond motifs is 6. The van der Waals surface area contributed by atoms with Gasteiger partial charge < -0.3 is 4.42 Å². The van der Waals surface area contributed by atoms with Crippen LogP contribution < -0.4 is 43.7 Å². The maximum absolute atomic E-state index is 7.00. The average molecular weight is 625 g/mol. The molecule has 9 heteroatoms. The monoisotopic (exact) mass is 626 g/mol. The second-order valence-electron chi connectivity index (χ2n) is 13.0. The molecular formula is C42H18B8O. The van der Waals surface area contributed by atoms with Gasteiger partial charge >= 0.3 is 0 Å². The first kappa shape index (κ1) is 31.8. The van der Waals surface area contributed by atoms with Crippen molar-refractivity contribution in [1.82, 2.24) is 0 Å². The number of benzene rings is 8. The molecule has 1 nitrogen and oxygen atoms in total. The fraction of sp³-hybridized carbons (Fsp3) is 0. The van der Waals surface area contributed by atoms with Crippen LogP contribution in [-0.2, 0) is 0 Å². The number of hydrogen-bond acceptors (Lipinski definition) is 1. The highest BCUT2D eigenvalue weighted by molar-refractivity contribution is 6.71.